The summed E-state index contributed by atoms with van der Waals surface area (Å²) in [5.41, 5.74) is 4.24. The van der Waals surface area contributed by atoms with Crippen molar-refractivity contribution in [3.63, 3.8) is 0 Å². The normalized spacial score (nSPS) is 17.3. The number of aromatic nitrogens is 4. The van der Waals surface area contributed by atoms with Gasteiger partial charge in [0.05, 0.1) is 16.6 Å². The van der Waals surface area contributed by atoms with Crippen molar-refractivity contribution >= 4 is 16.6 Å². The van der Waals surface area contributed by atoms with Crippen LogP contribution in [-0.2, 0) is 19.5 Å². The van der Waals surface area contributed by atoms with Crippen LogP contribution in [-0.4, -0.2) is 63.9 Å². The van der Waals surface area contributed by atoms with Crippen LogP contribution in [0, 0.1) is 0 Å². The minimum absolute atomic E-state index is 0.203. The van der Waals surface area contributed by atoms with Crippen molar-refractivity contribution in [2.45, 2.75) is 38.8 Å². The fraction of sp³-hybridized carbons (Fsp3) is 0.500. The van der Waals surface area contributed by atoms with Crippen LogP contribution in [0.5, 0.6) is 5.88 Å². The van der Waals surface area contributed by atoms with Gasteiger partial charge < -0.3 is 9.64 Å². The van der Waals surface area contributed by atoms with E-state index in [2.05, 4.69) is 30.5 Å². The number of hydrogen-bond acceptors (Lipinski definition) is 6. The Bertz CT molecular complexity index is 1020. The number of benzene rings is 1. The Morgan fingerprint density at radius 2 is 1.87 bits per heavy atom. The number of aryl methyl sites for hydroxylation is 2. The van der Waals surface area contributed by atoms with E-state index in [1.165, 1.54) is 24.9 Å². The minimum atomic E-state index is -2.54. The Morgan fingerprint density at radius 3 is 2.68 bits per heavy atom. The number of hydrogen-bond donors (Lipinski definition) is 0. The first-order valence-corrected chi connectivity index (χ1v) is 10.8. The molecule has 0 N–H and O–H groups in total. The second-order valence-corrected chi connectivity index (χ2v) is 8.15. The minimum Gasteiger partial charge on any atom is -0.471 e. The predicted octanol–water partition coefficient (Wildman–Crippen LogP) is 3.13. The highest BCUT2D eigenvalue weighted by molar-refractivity contribution is 5.86. The molecule has 0 spiro atoms. The van der Waals surface area contributed by atoms with Crippen LogP contribution in [0.4, 0.5) is 14.5 Å². The Balaban J connectivity index is 1.24. The average molecular weight is 428 g/mol. The van der Waals surface area contributed by atoms with E-state index in [-0.39, 0.29) is 5.88 Å². The molecule has 5 rings (SSSR count). The standard InChI is InChI=1S/C22H26F2N6O/c23-21(24)14-31-22-19-12-17(4-5-20(19)25-15-26-22)29-9-7-28(8-10-29)13-16-11-18-3-1-2-6-30(18)27-16/h4-5,11-12,15,21H,1-3,6-10,13-14H2. The van der Waals surface area contributed by atoms with Gasteiger partial charge in [0.25, 0.3) is 6.43 Å². The van der Waals surface area contributed by atoms with E-state index in [9.17, 15) is 8.78 Å². The molecule has 0 aliphatic carbocycles. The van der Waals surface area contributed by atoms with E-state index >= 15 is 0 Å². The van der Waals surface area contributed by atoms with Crippen LogP contribution in [0.15, 0.2) is 30.6 Å². The van der Waals surface area contributed by atoms with Crippen LogP contribution in [0.25, 0.3) is 10.9 Å². The number of alkyl halides is 2. The van der Waals surface area contributed by atoms with Gasteiger partial charge in [-0.25, -0.2) is 18.7 Å². The third kappa shape index (κ3) is 4.46. The maximum atomic E-state index is 12.6. The first-order chi connectivity index (χ1) is 15.2. The molecule has 1 saturated heterocycles. The zero-order valence-electron chi connectivity index (χ0n) is 17.4. The summed E-state index contributed by atoms with van der Waals surface area (Å²) < 4.78 is 32.5. The molecule has 2 aliphatic rings. The van der Waals surface area contributed by atoms with E-state index in [4.69, 9.17) is 9.84 Å². The van der Waals surface area contributed by atoms with E-state index in [0.29, 0.717) is 10.9 Å². The molecule has 31 heavy (non-hydrogen) atoms. The van der Waals surface area contributed by atoms with Crippen LogP contribution in [0.1, 0.15) is 24.2 Å². The molecule has 164 valence electrons. The van der Waals surface area contributed by atoms with Gasteiger partial charge in [-0.1, -0.05) is 0 Å². The summed E-state index contributed by atoms with van der Waals surface area (Å²) in [6, 6.07) is 8.11. The van der Waals surface area contributed by atoms with Gasteiger partial charge in [0, 0.05) is 50.6 Å². The first-order valence-electron chi connectivity index (χ1n) is 10.8. The molecule has 4 heterocycles. The van der Waals surface area contributed by atoms with Crippen molar-refractivity contribution in [1.29, 1.82) is 0 Å². The van der Waals surface area contributed by atoms with Crippen molar-refractivity contribution in [3.8, 4) is 5.88 Å². The lowest BCUT2D eigenvalue weighted by atomic mass is 10.1. The molecular weight excluding hydrogens is 402 g/mol. The number of fused-ring (bicyclic) bond motifs is 2. The van der Waals surface area contributed by atoms with Crippen molar-refractivity contribution in [1.82, 2.24) is 24.6 Å². The topological polar surface area (TPSA) is 59.3 Å². The smallest absolute Gasteiger partial charge is 0.272 e. The van der Waals surface area contributed by atoms with Gasteiger partial charge in [-0.05, 0) is 43.5 Å². The highest BCUT2D eigenvalue weighted by atomic mass is 19.3. The monoisotopic (exact) mass is 428 g/mol. The molecule has 9 heteroatoms. The predicted molar refractivity (Wildman–Crippen MR) is 114 cm³/mol. The highest BCUT2D eigenvalue weighted by Gasteiger charge is 2.20. The molecule has 0 saturated carbocycles. The Labute approximate surface area is 179 Å². The summed E-state index contributed by atoms with van der Waals surface area (Å²) in [5.74, 6) is 0.203. The molecule has 2 aliphatic heterocycles. The SMILES string of the molecule is FC(F)COc1ncnc2ccc(N3CCN(Cc4cc5n(n4)CCCC5)CC3)cc12. The molecule has 1 aromatic carbocycles. The van der Waals surface area contributed by atoms with Gasteiger partial charge in [-0.3, -0.25) is 9.58 Å². The molecule has 0 atom stereocenters. The van der Waals surface area contributed by atoms with E-state index in [1.807, 2.05) is 18.2 Å². The maximum Gasteiger partial charge on any atom is 0.272 e. The molecule has 0 unspecified atom stereocenters. The van der Waals surface area contributed by atoms with Gasteiger partial charge in [-0.15, -0.1) is 0 Å². The first kappa shape index (κ1) is 20.1. The third-order valence-electron chi connectivity index (χ3n) is 6.02. The summed E-state index contributed by atoms with van der Waals surface area (Å²) >= 11 is 0. The fourth-order valence-electron chi connectivity index (χ4n) is 4.42. The summed E-state index contributed by atoms with van der Waals surface area (Å²) in [5, 5.41) is 5.43. The molecular formula is C22H26F2N6O. The van der Waals surface area contributed by atoms with Gasteiger partial charge >= 0.3 is 0 Å². The van der Waals surface area contributed by atoms with E-state index < -0.39 is 13.0 Å². The lowest BCUT2D eigenvalue weighted by molar-refractivity contribution is 0.0804. The second-order valence-electron chi connectivity index (χ2n) is 8.15. The molecule has 3 aromatic rings. The van der Waals surface area contributed by atoms with Gasteiger partial charge in [-0.2, -0.15) is 5.10 Å². The van der Waals surface area contributed by atoms with Gasteiger partial charge in [0.1, 0.15) is 6.33 Å². The molecule has 7 nitrogen and oxygen atoms in total. The van der Waals surface area contributed by atoms with Crippen molar-refractivity contribution < 1.29 is 13.5 Å². The molecule has 0 bridgehead atoms. The van der Waals surface area contributed by atoms with Crippen LogP contribution in [0.2, 0.25) is 0 Å². The van der Waals surface area contributed by atoms with E-state index in [1.54, 1.807) is 0 Å². The number of anilines is 1. The third-order valence-corrected chi connectivity index (χ3v) is 6.02. The van der Waals surface area contributed by atoms with Crippen molar-refractivity contribution in [2.24, 2.45) is 0 Å². The zero-order valence-corrected chi connectivity index (χ0v) is 17.4. The fourth-order valence-corrected chi connectivity index (χ4v) is 4.42. The Kier molecular flexibility index (Phi) is 5.67. The van der Waals surface area contributed by atoms with Crippen molar-refractivity contribution in [2.75, 3.05) is 37.7 Å². The number of ether oxygens (including phenoxy) is 1. The van der Waals surface area contributed by atoms with Gasteiger partial charge in [0.15, 0.2) is 6.61 Å². The quantitative estimate of drug-likeness (QED) is 0.601. The molecule has 2 aromatic heterocycles. The average Bonchev–Trinajstić information content (AvgIpc) is 3.20. The lowest BCUT2D eigenvalue weighted by Gasteiger charge is -2.35. The number of halogens is 2. The van der Waals surface area contributed by atoms with E-state index in [0.717, 1.165) is 57.1 Å². The Morgan fingerprint density at radius 1 is 1.00 bits per heavy atom. The highest BCUT2D eigenvalue weighted by Crippen LogP contribution is 2.28. The maximum absolute atomic E-state index is 12.6. The summed E-state index contributed by atoms with van der Waals surface area (Å²) in [6.45, 7) is 4.91. The number of nitrogens with zero attached hydrogens (tertiary/aromatic N) is 6. The van der Waals surface area contributed by atoms with Crippen LogP contribution >= 0.6 is 0 Å². The molecule has 1 fully saturated rings. The number of rotatable bonds is 6. The largest absolute Gasteiger partial charge is 0.471 e. The molecule has 0 amide bonds. The summed E-state index contributed by atoms with van der Waals surface area (Å²) in [6.07, 6.45) is 2.42. The molecule has 0 radical (unpaired) electrons. The zero-order chi connectivity index (χ0) is 21.2. The summed E-state index contributed by atoms with van der Waals surface area (Å²) in [7, 11) is 0. The van der Waals surface area contributed by atoms with Crippen LogP contribution < -0.4 is 9.64 Å². The summed E-state index contributed by atoms with van der Waals surface area (Å²) in [4.78, 5) is 13.0. The van der Waals surface area contributed by atoms with Crippen LogP contribution in [0.3, 0.4) is 0 Å². The number of piperazine rings is 1. The van der Waals surface area contributed by atoms with Crippen molar-refractivity contribution in [3.05, 3.63) is 42.0 Å². The second kappa shape index (κ2) is 8.74. The van der Waals surface area contributed by atoms with Gasteiger partial charge in [0.2, 0.25) is 5.88 Å². The Hall–Kier alpha value is -2.81. The lowest BCUT2D eigenvalue weighted by Crippen LogP contribution is -2.46.